The first-order valence-electron chi connectivity index (χ1n) is 6.94. The molecule has 3 aliphatic rings. The average Bonchev–Trinajstić information content (AvgIpc) is 2.43. The molecule has 0 saturated carbocycles. The number of hydrogen-bond donors (Lipinski definition) is 0. The highest BCUT2D eigenvalue weighted by atomic mass is 35.5. The van der Waals surface area contributed by atoms with Gasteiger partial charge in [0.05, 0.1) is 26.2 Å². The molecule has 0 amide bonds. The number of ether oxygens (including phenoxy) is 1. The van der Waals surface area contributed by atoms with E-state index in [1.807, 2.05) is 0 Å². The van der Waals surface area contributed by atoms with Crippen molar-refractivity contribution in [1.82, 2.24) is 4.90 Å². The average molecular weight is 283 g/mol. The number of nitrogens with zero attached hydrogens (tertiary/aromatic N) is 2. The second kappa shape index (κ2) is 6.23. The fraction of sp³-hybridized carbons (Fsp3) is 0.600. The van der Waals surface area contributed by atoms with Gasteiger partial charge in [-0.25, -0.2) is 0 Å². The van der Waals surface area contributed by atoms with E-state index in [1.54, 1.807) is 7.11 Å². The summed E-state index contributed by atoms with van der Waals surface area (Å²) < 4.78 is 6.46. The molecule has 0 atom stereocenters. The molecule has 3 fully saturated rings. The molecule has 3 heterocycles. The molecule has 4 heteroatoms. The lowest BCUT2D eigenvalue weighted by molar-refractivity contribution is -0.953. The first-order chi connectivity index (χ1) is 8.80. The van der Waals surface area contributed by atoms with Crippen molar-refractivity contribution in [3.05, 3.63) is 35.4 Å². The highest BCUT2D eigenvalue weighted by Crippen LogP contribution is 2.23. The third-order valence-corrected chi connectivity index (χ3v) is 4.52. The molecule has 1 aromatic rings. The van der Waals surface area contributed by atoms with E-state index in [4.69, 9.17) is 4.74 Å². The minimum atomic E-state index is 0. The van der Waals surface area contributed by atoms with Gasteiger partial charge in [-0.3, -0.25) is 4.90 Å². The lowest BCUT2D eigenvalue weighted by Gasteiger charge is -2.50. The minimum absolute atomic E-state index is 0. The summed E-state index contributed by atoms with van der Waals surface area (Å²) in [6.45, 7) is 9.81. The SMILES string of the molecule is COCc1ccc(C[N+]23CCN(CC2)CC3)cc1.[Cl-]. The monoisotopic (exact) mass is 282 g/mol. The Balaban J connectivity index is 0.00000133. The van der Waals surface area contributed by atoms with Gasteiger partial charge in [-0.2, -0.15) is 0 Å². The van der Waals surface area contributed by atoms with Crippen LogP contribution in [-0.2, 0) is 17.9 Å². The van der Waals surface area contributed by atoms with Gasteiger partial charge in [-0.15, -0.1) is 0 Å². The molecular formula is C15H23ClN2O. The number of benzene rings is 1. The highest BCUT2D eigenvalue weighted by molar-refractivity contribution is 5.21. The zero-order valence-electron chi connectivity index (χ0n) is 11.6. The van der Waals surface area contributed by atoms with E-state index in [0.717, 1.165) is 6.61 Å². The van der Waals surface area contributed by atoms with Crippen LogP contribution >= 0.6 is 0 Å². The molecular weight excluding hydrogens is 260 g/mol. The summed E-state index contributed by atoms with van der Waals surface area (Å²) in [7, 11) is 1.75. The summed E-state index contributed by atoms with van der Waals surface area (Å²) >= 11 is 0. The van der Waals surface area contributed by atoms with Crippen molar-refractivity contribution in [1.29, 1.82) is 0 Å². The van der Waals surface area contributed by atoms with E-state index >= 15 is 0 Å². The predicted octanol–water partition coefficient (Wildman–Crippen LogP) is -1.52. The molecule has 0 unspecified atom stereocenters. The summed E-state index contributed by atoms with van der Waals surface area (Å²) in [6, 6.07) is 8.97. The number of fused-ring (bicyclic) bond motifs is 3. The van der Waals surface area contributed by atoms with Crippen LogP contribution < -0.4 is 12.4 Å². The smallest absolute Gasteiger partial charge is 0.104 e. The number of hydrogen-bond acceptors (Lipinski definition) is 2. The first kappa shape index (κ1) is 14.8. The van der Waals surface area contributed by atoms with Gasteiger partial charge in [0, 0.05) is 32.3 Å². The maximum absolute atomic E-state index is 5.16. The third-order valence-electron chi connectivity index (χ3n) is 4.52. The standard InChI is InChI=1S/C15H23N2O.ClH/c1-18-13-15-4-2-14(3-5-15)12-17-9-6-16(7-10-17)8-11-17;/h2-5H,6-13H2,1H3;1H/q+1;/p-1. The van der Waals surface area contributed by atoms with Gasteiger partial charge in [0.1, 0.15) is 6.54 Å². The molecule has 0 aliphatic carbocycles. The number of rotatable bonds is 4. The van der Waals surface area contributed by atoms with Crippen molar-refractivity contribution in [3.8, 4) is 0 Å². The van der Waals surface area contributed by atoms with Crippen molar-refractivity contribution in [2.45, 2.75) is 13.2 Å². The van der Waals surface area contributed by atoms with Crippen molar-refractivity contribution < 1.29 is 21.6 Å². The van der Waals surface area contributed by atoms with Gasteiger partial charge < -0.3 is 21.6 Å². The van der Waals surface area contributed by atoms with Crippen LogP contribution in [0.4, 0.5) is 0 Å². The Labute approximate surface area is 122 Å². The van der Waals surface area contributed by atoms with Crippen LogP contribution in [-0.4, -0.2) is 55.8 Å². The second-order valence-electron chi connectivity index (χ2n) is 5.76. The highest BCUT2D eigenvalue weighted by Gasteiger charge is 2.38. The molecule has 3 aliphatic heterocycles. The molecule has 0 aromatic heterocycles. The van der Waals surface area contributed by atoms with Crippen molar-refractivity contribution >= 4 is 0 Å². The molecule has 19 heavy (non-hydrogen) atoms. The largest absolute Gasteiger partial charge is 1.00 e. The van der Waals surface area contributed by atoms with Gasteiger partial charge in [0.25, 0.3) is 0 Å². The van der Waals surface area contributed by atoms with Crippen LogP contribution in [0.25, 0.3) is 0 Å². The van der Waals surface area contributed by atoms with Crippen LogP contribution in [0, 0.1) is 0 Å². The predicted molar refractivity (Wildman–Crippen MR) is 72.2 cm³/mol. The number of piperazine rings is 3. The lowest BCUT2D eigenvalue weighted by atomic mass is 10.1. The van der Waals surface area contributed by atoms with Crippen LogP contribution in [0.3, 0.4) is 0 Å². The molecule has 4 rings (SSSR count). The molecule has 3 nitrogen and oxygen atoms in total. The Hall–Kier alpha value is -0.610. The summed E-state index contributed by atoms with van der Waals surface area (Å²) in [5.74, 6) is 0. The zero-order valence-corrected chi connectivity index (χ0v) is 12.4. The molecule has 106 valence electrons. The summed E-state index contributed by atoms with van der Waals surface area (Å²) in [6.07, 6.45) is 0. The van der Waals surface area contributed by atoms with Crippen LogP contribution in [0.5, 0.6) is 0 Å². The molecule has 0 radical (unpaired) electrons. The second-order valence-corrected chi connectivity index (χ2v) is 5.76. The van der Waals surface area contributed by atoms with E-state index in [0.29, 0.717) is 0 Å². The van der Waals surface area contributed by atoms with E-state index in [1.165, 1.54) is 61.4 Å². The Kier molecular flexibility index (Phi) is 4.85. The van der Waals surface area contributed by atoms with Gasteiger partial charge in [-0.1, -0.05) is 24.3 Å². The zero-order chi connectivity index (χ0) is 12.4. The van der Waals surface area contributed by atoms with Gasteiger partial charge in [0.15, 0.2) is 0 Å². The molecule has 1 aromatic carbocycles. The van der Waals surface area contributed by atoms with Crippen LogP contribution in [0.2, 0.25) is 0 Å². The molecule has 0 N–H and O–H groups in total. The third kappa shape index (κ3) is 3.29. The summed E-state index contributed by atoms with van der Waals surface area (Å²) in [4.78, 5) is 2.60. The number of quaternary nitrogens is 1. The number of methoxy groups -OCH3 is 1. The number of halogens is 1. The summed E-state index contributed by atoms with van der Waals surface area (Å²) in [5.41, 5.74) is 2.75. The van der Waals surface area contributed by atoms with E-state index in [9.17, 15) is 0 Å². The van der Waals surface area contributed by atoms with E-state index < -0.39 is 0 Å². The van der Waals surface area contributed by atoms with E-state index in [2.05, 4.69) is 29.2 Å². The topological polar surface area (TPSA) is 12.5 Å². The van der Waals surface area contributed by atoms with Crippen molar-refractivity contribution in [3.63, 3.8) is 0 Å². The fourth-order valence-corrected chi connectivity index (χ4v) is 3.26. The first-order valence-corrected chi connectivity index (χ1v) is 6.94. The molecule has 3 saturated heterocycles. The maximum Gasteiger partial charge on any atom is 0.104 e. The van der Waals surface area contributed by atoms with Gasteiger partial charge in [-0.05, 0) is 5.56 Å². The quantitative estimate of drug-likeness (QED) is 0.623. The van der Waals surface area contributed by atoms with Crippen LogP contribution in [0.1, 0.15) is 11.1 Å². The normalized spacial score (nSPS) is 29.0. The fourth-order valence-electron chi connectivity index (χ4n) is 3.26. The van der Waals surface area contributed by atoms with Crippen molar-refractivity contribution in [2.75, 3.05) is 46.4 Å². The van der Waals surface area contributed by atoms with Gasteiger partial charge >= 0.3 is 0 Å². The molecule has 2 bridgehead atoms. The molecule has 0 spiro atoms. The van der Waals surface area contributed by atoms with Crippen molar-refractivity contribution in [2.24, 2.45) is 0 Å². The minimum Gasteiger partial charge on any atom is -1.00 e. The lowest BCUT2D eigenvalue weighted by Crippen LogP contribution is -3.00. The maximum atomic E-state index is 5.16. The Bertz CT molecular complexity index is 385. The Morgan fingerprint density at radius 3 is 2.05 bits per heavy atom. The van der Waals surface area contributed by atoms with Gasteiger partial charge in [0.2, 0.25) is 0 Å². The Morgan fingerprint density at radius 1 is 1.00 bits per heavy atom. The van der Waals surface area contributed by atoms with E-state index in [-0.39, 0.29) is 12.4 Å². The van der Waals surface area contributed by atoms with Crippen LogP contribution in [0.15, 0.2) is 24.3 Å². The summed E-state index contributed by atoms with van der Waals surface area (Å²) in [5, 5.41) is 0. The Morgan fingerprint density at radius 2 is 1.53 bits per heavy atom.